The summed E-state index contributed by atoms with van der Waals surface area (Å²) in [7, 11) is 0. The Morgan fingerprint density at radius 1 is 1.11 bits per heavy atom. The van der Waals surface area contributed by atoms with Crippen LogP contribution in [0.3, 0.4) is 0 Å². The Hall–Kier alpha value is -3.20. The van der Waals surface area contributed by atoms with Gasteiger partial charge in [0.2, 0.25) is 5.91 Å². The van der Waals surface area contributed by atoms with Crippen LogP contribution in [-0.4, -0.2) is 29.8 Å². The number of nitroso groups, excluding NO2 is 1. The van der Waals surface area contributed by atoms with Gasteiger partial charge in [-0.3, -0.25) is 14.9 Å². The zero-order valence-corrected chi connectivity index (χ0v) is 16.1. The quantitative estimate of drug-likeness (QED) is 0.533. The molecule has 0 fully saturated rings. The van der Waals surface area contributed by atoms with E-state index in [0.717, 1.165) is 0 Å². The Balaban J connectivity index is 2.10. The molecule has 3 amide bonds. The number of benzene rings is 2. The number of hydrogen-bond donors (Lipinski definition) is 2. The summed E-state index contributed by atoms with van der Waals surface area (Å²) in [5.41, 5.74) is 0.626. The van der Waals surface area contributed by atoms with Gasteiger partial charge < -0.3 is 10.1 Å². The first-order valence-corrected chi connectivity index (χ1v) is 9.31. The number of anilines is 1. The van der Waals surface area contributed by atoms with E-state index in [9.17, 15) is 19.3 Å². The van der Waals surface area contributed by atoms with Crippen LogP contribution in [0.2, 0.25) is 0 Å². The number of alkyl carbamates (subject to hydrolysis) is 1. The number of hydrogen-bond acceptors (Lipinski definition) is 7. The average molecular weight is 401 g/mol. The van der Waals surface area contributed by atoms with Crippen molar-refractivity contribution in [1.82, 2.24) is 5.32 Å². The highest BCUT2D eigenvalue weighted by Crippen LogP contribution is 2.32. The van der Waals surface area contributed by atoms with Gasteiger partial charge in [-0.2, -0.15) is 0 Å². The number of rotatable bonds is 7. The van der Waals surface area contributed by atoms with Crippen LogP contribution in [-0.2, 0) is 9.53 Å². The van der Waals surface area contributed by atoms with Gasteiger partial charge >= 0.3 is 6.09 Å². The van der Waals surface area contributed by atoms with Gasteiger partial charge in [0, 0.05) is 4.90 Å². The van der Waals surface area contributed by atoms with Gasteiger partial charge in [-0.15, -0.1) is 16.7 Å². The van der Waals surface area contributed by atoms with Gasteiger partial charge in [0.05, 0.1) is 23.1 Å². The maximum atomic E-state index is 12.6. The van der Waals surface area contributed by atoms with E-state index in [1.54, 1.807) is 56.3 Å². The zero-order valence-electron chi connectivity index (χ0n) is 15.3. The van der Waals surface area contributed by atoms with E-state index in [4.69, 9.17) is 0 Å². The van der Waals surface area contributed by atoms with Crippen molar-refractivity contribution in [3.05, 3.63) is 59.0 Å². The molecular formula is C19H19N3O5S. The lowest BCUT2D eigenvalue weighted by Crippen LogP contribution is -2.32. The second-order valence-electron chi connectivity index (χ2n) is 5.53. The maximum absolute atomic E-state index is 12.6. The minimum Gasteiger partial charge on any atom is -0.450 e. The first-order chi connectivity index (χ1) is 13.5. The van der Waals surface area contributed by atoms with E-state index in [0.29, 0.717) is 4.90 Å². The van der Waals surface area contributed by atoms with Crippen LogP contribution >= 0.6 is 11.8 Å². The lowest BCUT2D eigenvalue weighted by Gasteiger charge is -2.15. The van der Waals surface area contributed by atoms with Crippen LogP contribution in [0.1, 0.15) is 24.2 Å². The van der Waals surface area contributed by atoms with Crippen molar-refractivity contribution in [2.24, 2.45) is 5.18 Å². The molecule has 0 radical (unpaired) electrons. The Kier molecular flexibility index (Phi) is 7.70. The Morgan fingerprint density at radius 2 is 1.79 bits per heavy atom. The summed E-state index contributed by atoms with van der Waals surface area (Å²) >= 11 is 1.17. The van der Waals surface area contributed by atoms with E-state index in [-0.39, 0.29) is 29.5 Å². The summed E-state index contributed by atoms with van der Waals surface area (Å²) in [4.78, 5) is 47.7. The molecule has 8 nitrogen and oxygen atoms in total. The molecule has 0 aliphatic rings. The van der Waals surface area contributed by atoms with Crippen molar-refractivity contribution in [1.29, 1.82) is 0 Å². The third-order valence-corrected chi connectivity index (χ3v) is 4.72. The molecule has 0 heterocycles. The largest absolute Gasteiger partial charge is 0.450 e. The molecular weight excluding hydrogens is 382 g/mol. The monoisotopic (exact) mass is 401 g/mol. The van der Waals surface area contributed by atoms with Crippen LogP contribution < -0.4 is 10.6 Å². The summed E-state index contributed by atoms with van der Waals surface area (Å²) in [6.45, 7) is 3.42. The van der Waals surface area contributed by atoms with Crippen LogP contribution in [0.4, 0.5) is 16.2 Å². The molecule has 0 aliphatic heterocycles. The molecule has 9 heteroatoms. The van der Waals surface area contributed by atoms with Gasteiger partial charge in [-0.1, -0.05) is 24.3 Å². The van der Waals surface area contributed by atoms with Gasteiger partial charge in [0.1, 0.15) is 5.69 Å². The van der Waals surface area contributed by atoms with Crippen molar-refractivity contribution in [2.45, 2.75) is 24.0 Å². The standard InChI is InChI=1S/C19H19N3O5S/c1-3-27-19(25)21-18(24)13-8-4-5-9-14(13)20-17(23)12(2)28-16-11-7-6-10-15(16)22-26/h4-12H,3H2,1-2H3,(H,20,23)(H,21,24,25). The Morgan fingerprint density at radius 3 is 2.50 bits per heavy atom. The fraction of sp³-hybridized carbons (Fsp3) is 0.211. The lowest BCUT2D eigenvalue weighted by atomic mass is 10.1. The molecule has 1 unspecified atom stereocenters. The number of para-hydroxylation sites is 1. The smallest absolute Gasteiger partial charge is 0.414 e. The highest BCUT2D eigenvalue weighted by molar-refractivity contribution is 8.00. The predicted octanol–water partition coefficient (Wildman–Crippen LogP) is 4.09. The second kappa shape index (κ2) is 10.2. The summed E-state index contributed by atoms with van der Waals surface area (Å²) in [6.07, 6.45) is -0.865. The number of thioether (sulfide) groups is 1. The SMILES string of the molecule is CCOC(=O)NC(=O)c1ccccc1NC(=O)C(C)Sc1ccccc1N=O. The number of imide groups is 1. The topological polar surface area (TPSA) is 114 Å². The van der Waals surface area contributed by atoms with Gasteiger partial charge in [0.15, 0.2) is 0 Å². The third-order valence-electron chi connectivity index (χ3n) is 3.56. The minimum atomic E-state index is -0.865. The minimum absolute atomic E-state index is 0.121. The Labute approximate surface area is 166 Å². The molecule has 28 heavy (non-hydrogen) atoms. The van der Waals surface area contributed by atoms with E-state index >= 15 is 0 Å². The fourth-order valence-corrected chi connectivity index (χ4v) is 3.16. The molecule has 0 saturated heterocycles. The molecule has 2 aromatic rings. The second-order valence-corrected chi connectivity index (χ2v) is 6.91. The molecule has 0 aromatic heterocycles. The molecule has 0 saturated carbocycles. The number of nitrogens with zero attached hydrogens (tertiary/aromatic N) is 1. The normalized spacial score (nSPS) is 11.2. The summed E-state index contributed by atoms with van der Waals surface area (Å²) in [5, 5.41) is 7.15. The Bertz CT molecular complexity index is 887. The van der Waals surface area contributed by atoms with Gasteiger partial charge in [0.25, 0.3) is 5.91 Å². The molecule has 2 N–H and O–H groups in total. The van der Waals surface area contributed by atoms with Crippen molar-refractivity contribution in [2.75, 3.05) is 11.9 Å². The van der Waals surface area contributed by atoms with E-state index in [2.05, 4.69) is 20.5 Å². The number of carbonyl (C=O) groups is 3. The van der Waals surface area contributed by atoms with Gasteiger partial charge in [-0.05, 0) is 43.3 Å². The van der Waals surface area contributed by atoms with E-state index < -0.39 is 17.3 Å². The molecule has 1 atom stereocenters. The number of amides is 3. The van der Waals surface area contributed by atoms with E-state index in [1.165, 1.54) is 17.8 Å². The van der Waals surface area contributed by atoms with Crippen molar-refractivity contribution in [3.8, 4) is 0 Å². The van der Waals surface area contributed by atoms with Crippen LogP contribution in [0.15, 0.2) is 58.6 Å². The summed E-state index contributed by atoms with van der Waals surface area (Å²) in [5.74, 6) is -1.06. The van der Waals surface area contributed by atoms with Gasteiger partial charge in [-0.25, -0.2) is 4.79 Å². The summed E-state index contributed by atoms with van der Waals surface area (Å²) < 4.78 is 4.69. The zero-order chi connectivity index (χ0) is 20.5. The first-order valence-electron chi connectivity index (χ1n) is 8.43. The number of carbonyl (C=O) groups excluding carboxylic acids is 3. The first kappa shape index (κ1) is 21.1. The third kappa shape index (κ3) is 5.65. The van der Waals surface area contributed by atoms with Crippen LogP contribution in [0, 0.1) is 4.91 Å². The molecule has 146 valence electrons. The van der Waals surface area contributed by atoms with Crippen molar-refractivity contribution < 1.29 is 19.1 Å². The average Bonchev–Trinajstić information content (AvgIpc) is 2.68. The molecule has 0 aliphatic carbocycles. The summed E-state index contributed by atoms with van der Waals surface area (Å²) in [6, 6.07) is 13.0. The lowest BCUT2D eigenvalue weighted by molar-refractivity contribution is -0.115. The number of ether oxygens (including phenoxy) is 1. The van der Waals surface area contributed by atoms with Crippen LogP contribution in [0.5, 0.6) is 0 Å². The highest BCUT2D eigenvalue weighted by Gasteiger charge is 2.20. The van der Waals surface area contributed by atoms with Crippen molar-refractivity contribution in [3.63, 3.8) is 0 Å². The van der Waals surface area contributed by atoms with Crippen LogP contribution in [0.25, 0.3) is 0 Å². The predicted molar refractivity (Wildman–Crippen MR) is 107 cm³/mol. The molecule has 2 rings (SSSR count). The van der Waals surface area contributed by atoms with E-state index in [1.807, 2.05) is 0 Å². The maximum Gasteiger partial charge on any atom is 0.414 e. The highest BCUT2D eigenvalue weighted by atomic mass is 32.2. The molecule has 0 spiro atoms. The number of nitrogens with one attached hydrogen (secondary N) is 2. The molecule has 0 bridgehead atoms. The van der Waals surface area contributed by atoms with Crippen molar-refractivity contribution >= 4 is 41.0 Å². The fourth-order valence-electron chi connectivity index (χ4n) is 2.23. The molecule has 2 aromatic carbocycles.